The lowest BCUT2D eigenvalue weighted by atomic mass is 10.1. The smallest absolute Gasteiger partial charge is 0.246 e. The molecule has 1 atom stereocenters. The number of aliphatic hydroxyl groups excluding tert-OH is 1. The zero-order chi connectivity index (χ0) is 45.4. The van der Waals surface area contributed by atoms with Crippen LogP contribution in [0.15, 0.2) is 0 Å². The number of carbonyl (C=O) groups is 5. The van der Waals surface area contributed by atoms with Gasteiger partial charge in [-0.2, -0.15) is 0 Å². The molecular formula is C46H89N5O11. The van der Waals surface area contributed by atoms with Gasteiger partial charge in [-0.15, -0.1) is 0 Å². The predicted molar refractivity (Wildman–Crippen MR) is 243 cm³/mol. The summed E-state index contributed by atoms with van der Waals surface area (Å²) in [6, 6.07) is -0.813. The van der Waals surface area contributed by atoms with Gasteiger partial charge in [0.15, 0.2) is 0 Å². The van der Waals surface area contributed by atoms with Crippen LogP contribution < -0.4 is 26.6 Å². The van der Waals surface area contributed by atoms with Gasteiger partial charge in [0, 0.05) is 39.0 Å². The van der Waals surface area contributed by atoms with Gasteiger partial charge in [-0.1, -0.05) is 117 Å². The second-order valence-electron chi connectivity index (χ2n) is 15.8. The Hall–Kier alpha value is -2.89. The lowest BCUT2D eigenvalue weighted by Crippen LogP contribution is -2.48. The van der Waals surface area contributed by atoms with E-state index in [0.717, 1.165) is 25.7 Å². The molecule has 0 fully saturated rings. The number of unbranched alkanes of at least 4 members (excludes halogenated alkanes) is 17. The molecule has 0 saturated carbocycles. The van der Waals surface area contributed by atoms with Crippen LogP contribution in [0.25, 0.3) is 0 Å². The first kappa shape index (κ1) is 59.1. The number of ether oxygens (including phenoxy) is 5. The number of aliphatic hydroxyl groups is 1. The van der Waals surface area contributed by atoms with Gasteiger partial charge < -0.3 is 55.4 Å². The zero-order valence-corrected chi connectivity index (χ0v) is 39.0. The van der Waals surface area contributed by atoms with E-state index in [2.05, 4.69) is 40.4 Å². The van der Waals surface area contributed by atoms with Crippen LogP contribution in [-0.2, 0) is 47.7 Å². The lowest BCUT2D eigenvalue weighted by molar-refractivity contribution is -0.132. The Bertz CT molecular complexity index is 1070. The van der Waals surface area contributed by atoms with Crippen LogP contribution in [0, 0.1) is 0 Å². The maximum Gasteiger partial charge on any atom is 0.246 e. The normalized spacial score (nSPS) is 11.6. The molecule has 16 nitrogen and oxygen atoms in total. The van der Waals surface area contributed by atoms with Crippen molar-refractivity contribution in [2.45, 2.75) is 168 Å². The highest BCUT2D eigenvalue weighted by atomic mass is 16.5. The maximum atomic E-state index is 12.9. The number of hydrogen-bond acceptors (Lipinski definition) is 11. The molecule has 0 aliphatic rings. The molecule has 0 rings (SSSR count). The Morgan fingerprint density at radius 2 is 0.806 bits per heavy atom. The number of rotatable bonds is 48. The van der Waals surface area contributed by atoms with Crippen molar-refractivity contribution in [2.24, 2.45) is 0 Å². The van der Waals surface area contributed by atoms with Crippen LogP contribution >= 0.6 is 0 Å². The molecular weight excluding hydrogens is 799 g/mol. The van der Waals surface area contributed by atoms with Crippen molar-refractivity contribution in [1.82, 2.24) is 26.6 Å². The van der Waals surface area contributed by atoms with Gasteiger partial charge in [0.25, 0.3) is 0 Å². The Labute approximate surface area is 374 Å². The summed E-state index contributed by atoms with van der Waals surface area (Å²) in [4.78, 5) is 61.7. The van der Waals surface area contributed by atoms with E-state index in [0.29, 0.717) is 71.6 Å². The standard InChI is InChI=1S/C46H89N5O11/c1-3-5-7-9-11-13-15-17-19-24-42(53)48-27-31-59-35-37-61-39-44(55)47-26-22-21-23-41(46(57)50-29-33-58-34-30-52)51-45(56)40-62-38-36-60-32-28-49-43(54)25-20-18-16-14-12-10-8-6-4-2/h41,52H,3-40H2,1-2H3,(H,47,55)(H,48,53)(H,49,54)(H,50,57)(H,51,56)/t41-/m0/s1. The van der Waals surface area contributed by atoms with E-state index in [9.17, 15) is 24.0 Å². The van der Waals surface area contributed by atoms with Crippen molar-refractivity contribution in [3.05, 3.63) is 0 Å². The Kier molecular flexibility index (Phi) is 45.4. The molecule has 5 amide bonds. The zero-order valence-electron chi connectivity index (χ0n) is 39.0. The highest BCUT2D eigenvalue weighted by Gasteiger charge is 2.20. The van der Waals surface area contributed by atoms with E-state index in [1.807, 2.05) is 0 Å². The number of amides is 5. The minimum Gasteiger partial charge on any atom is -0.394 e. The average Bonchev–Trinajstić information content (AvgIpc) is 3.26. The van der Waals surface area contributed by atoms with E-state index in [1.54, 1.807) is 0 Å². The number of carbonyl (C=O) groups excluding carboxylic acids is 5. The fraction of sp³-hybridized carbons (Fsp3) is 0.891. The Morgan fingerprint density at radius 3 is 1.29 bits per heavy atom. The van der Waals surface area contributed by atoms with Crippen LogP contribution in [-0.4, -0.2) is 140 Å². The molecule has 0 radical (unpaired) electrons. The monoisotopic (exact) mass is 888 g/mol. The Balaban J connectivity index is 4.06. The molecule has 364 valence electrons. The van der Waals surface area contributed by atoms with Crippen molar-refractivity contribution < 1.29 is 52.8 Å². The summed E-state index contributed by atoms with van der Waals surface area (Å²) in [6.07, 6.45) is 24.4. The number of nitrogens with one attached hydrogen (secondary N) is 5. The molecule has 0 aromatic rings. The first-order valence-corrected chi connectivity index (χ1v) is 24.2. The fourth-order valence-corrected chi connectivity index (χ4v) is 6.46. The maximum absolute atomic E-state index is 12.9. The molecule has 0 aliphatic carbocycles. The van der Waals surface area contributed by atoms with E-state index in [1.165, 1.54) is 89.9 Å². The molecule has 62 heavy (non-hydrogen) atoms. The molecule has 0 spiro atoms. The van der Waals surface area contributed by atoms with Gasteiger partial charge in [0.1, 0.15) is 19.3 Å². The van der Waals surface area contributed by atoms with Crippen molar-refractivity contribution in [1.29, 1.82) is 0 Å². The topological polar surface area (TPSA) is 212 Å². The highest BCUT2D eigenvalue weighted by Crippen LogP contribution is 2.11. The summed E-state index contributed by atoms with van der Waals surface area (Å²) in [5.41, 5.74) is 0. The van der Waals surface area contributed by atoms with Crippen LogP contribution in [0.4, 0.5) is 0 Å². The van der Waals surface area contributed by atoms with Gasteiger partial charge in [0.05, 0.1) is 59.5 Å². The van der Waals surface area contributed by atoms with Gasteiger partial charge in [0.2, 0.25) is 29.5 Å². The first-order chi connectivity index (χ1) is 30.3. The third kappa shape index (κ3) is 43.7. The van der Waals surface area contributed by atoms with Crippen LogP contribution in [0.2, 0.25) is 0 Å². The second-order valence-corrected chi connectivity index (χ2v) is 15.8. The minimum absolute atomic E-state index is 0.0304. The van der Waals surface area contributed by atoms with Crippen LogP contribution in [0.3, 0.4) is 0 Å². The van der Waals surface area contributed by atoms with Gasteiger partial charge in [-0.25, -0.2) is 0 Å². The molecule has 0 saturated heterocycles. The van der Waals surface area contributed by atoms with Crippen molar-refractivity contribution in [3.63, 3.8) is 0 Å². The highest BCUT2D eigenvalue weighted by molar-refractivity contribution is 5.88. The second kappa shape index (κ2) is 47.6. The molecule has 6 N–H and O–H groups in total. The molecule has 0 unspecified atom stereocenters. The molecule has 16 heteroatoms. The minimum atomic E-state index is -0.813. The van der Waals surface area contributed by atoms with Crippen LogP contribution in [0.1, 0.15) is 162 Å². The average molecular weight is 888 g/mol. The Morgan fingerprint density at radius 1 is 0.403 bits per heavy atom. The number of hydrogen-bond donors (Lipinski definition) is 6. The lowest BCUT2D eigenvalue weighted by Gasteiger charge is -2.19. The molecule has 0 aromatic carbocycles. The summed E-state index contributed by atoms with van der Waals surface area (Å²) >= 11 is 0. The van der Waals surface area contributed by atoms with Gasteiger partial charge in [-0.3, -0.25) is 24.0 Å². The SMILES string of the molecule is CCCCCCCCCCCC(=O)NCCOCCOCC(=O)NCCCC[C@H](NC(=O)COCCOCCNC(=O)CCCCCCCCCCC)C(=O)NCCOCCO. The molecule has 0 bridgehead atoms. The van der Waals surface area contributed by atoms with Crippen molar-refractivity contribution >= 4 is 29.5 Å². The third-order valence-corrected chi connectivity index (χ3v) is 10.0. The first-order valence-electron chi connectivity index (χ1n) is 24.2. The third-order valence-electron chi connectivity index (χ3n) is 10.0. The van der Waals surface area contributed by atoms with E-state index < -0.39 is 11.9 Å². The summed E-state index contributed by atoms with van der Waals surface area (Å²) in [6.45, 7) is 7.50. The summed E-state index contributed by atoms with van der Waals surface area (Å²) in [5.74, 6) is -1.01. The molecule has 0 aromatic heterocycles. The van der Waals surface area contributed by atoms with Crippen molar-refractivity contribution in [3.8, 4) is 0 Å². The van der Waals surface area contributed by atoms with Gasteiger partial charge in [-0.05, 0) is 32.1 Å². The van der Waals surface area contributed by atoms with Crippen molar-refractivity contribution in [2.75, 3.05) is 98.9 Å². The van der Waals surface area contributed by atoms with Crippen LogP contribution in [0.5, 0.6) is 0 Å². The molecule has 0 aliphatic heterocycles. The largest absolute Gasteiger partial charge is 0.394 e. The fourth-order valence-electron chi connectivity index (χ4n) is 6.46. The summed E-state index contributed by atoms with van der Waals surface area (Å²) in [7, 11) is 0. The van der Waals surface area contributed by atoms with E-state index in [-0.39, 0.29) is 83.0 Å². The van der Waals surface area contributed by atoms with E-state index in [4.69, 9.17) is 28.8 Å². The van der Waals surface area contributed by atoms with Gasteiger partial charge >= 0.3 is 0 Å². The summed E-state index contributed by atoms with van der Waals surface area (Å²) in [5, 5.41) is 22.9. The predicted octanol–water partition coefficient (Wildman–Crippen LogP) is 5.02. The summed E-state index contributed by atoms with van der Waals surface area (Å²) < 4.78 is 27.0. The molecule has 0 heterocycles. The van der Waals surface area contributed by atoms with E-state index >= 15 is 0 Å². The quantitative estimate of drug-likeness (QED) is 0.0447.